The summed E-state index contributed by atoms with van der Waals surface area (Å²) in [5.74, 6) is -0.463. The SMILES string of the molecule is CCCN1C(=O)c2cc3c(CN(Cc4ccccn4)Cc4ccccn4)c4ccccc4c(CN(Cc4ccccn4)Cc4ccccn4)c3cc2C1=O. The molecule has 0 aliphatic carbocycles. The van der Waals surface area contributed by atoms with E-state index in [1.165, 1.54) is 4.90 Å². The van der Waals surface area contributed by atoms with E-state index >= 15 is 0 Å². The Hall–Kier alpha value is -6.16. The lowest BCUT2D eigenvalue weighted by atomic mass is 9.88. The fourth-order valence-electron chi connectivity index (χ4n) is 7.57. The van der Waals surface area contributed by atoms with Crippen molar-refractivity contribution in [1.82, 2.24) is 34.6 Å². The first-order valence-electron chi connectivity index (χ1n) is 18.5. The number of pyridine rings is 4. The predicted octanol–water partition coefficient (Wildman–Crippen LogP) is 7.98. The second-order valence-corrected chi connectivity index (χ2v) is 13.8. The van der Waals surface area contributed by atoms with Crippen molar-refractivity contribution in [2.45, 2.75) is 52.6 Å². The molecule has 0 radical (unpaired) electrons. The number of imide groups is 1. The number of hydrogen-bond donors (Lipinski definition) is 0. The van der Waals surface area contributed by atoms with E-state index in [1.807, 2.05) is 117 Å². The molecular weight excluding hydrogens is 671 g/mol. The van der Waals surface area contributed by atoms with Crippen molar-refractivity contribution in [3.63, 3.8) is 0 Å². The molecule has 0 fully saturated rings. The Labute approximate surface area is 315 Å². The van der Waals surface area contributed by atoms with Crippen LogP contribution in [0.1, 0.15) is 68.0 Å². The van der Waals surface area contributed by atoms with Crippen molar-refractivity contribution in [2.75, 3.05) is 6.54 Å². The minimum absolute atomic E-state index is 0.231. The summed E-state index contributed by atoms with van der Waals surface area (Å²) in [7, 11) is 0. The summed E-state index contributed by atoms with van der Waals surface area (Å²) >= 11 is 0. The summed E-state index contributed by atoms with van der Waals surface area (Å²) in [6.07, 6.45) is 7.98. The van der Waals surface area contributed by atoms with Crippen LogP contribution < -0.4 is 0 Å². The van der Waals surface area contributed by atoms with Crippen molar-refractivity contribution < 1.29 is 9.59 Å². The van der Waals surface area contributed by atoms with E-state index in [0.29, 0.717) is 63.4 Å². The zero-order valence-electron chi connectivity index (χ0n) is 30.3. The predicted molar refractivity (Wildman–Crippen MR) is 210 cm³/mol. The molecule has 0 atom stereocenters. The number of aromatic nitrogens is 4. The van der Waals surface area contributed by atoms with Gasteiger partial charge >= 0.3 is 0 Å². The van der Waals surface area contributed by atoms with Crippen LogP contribution in [-0.2, 0) is 39.3 Å². The Morgan fingerprint density at radius 3 is 1.13 bits per heavy atom. The molecule has 0 bridgehead atoms. The molecule has 1 aliphatic heterocycles. The normalized spacial score (nSPS) is 12.8. The third kappa shape index (κ3) is 7.37. The number of benzene rings is 3. The molecule has 1 aliphatic rings. The van der Waals surface area contributed by atoms with Crippen LogP contribution in [0.15, 0.2) is 134 Å². The maximum atomic E-state index is 13.8. The number of carbonyl (C=O) groups excluding carboxylic acids is 2. The van der Waals surface area contributed by atoms with E-state index in [0.717, 1.165) is 55.4 Å². The average molecular weight is 712 g/mol. The molecule has 5 heterocycles. The minimum Gasteiger partial charge on any atom is -0.287 e. The maximum Gasteiger partial charge on any atom is 0.261 e. The lowest BCUT2D eigenvalue weighted by molar-refractivity contribution is 0.0654. The van der Waals surface area contributed by atoms with Crippen LogP contribution in [0.2, 0.25) is 0 Å². The van der Waals surface area contributed by atoms with Gasteiger partial charge in [0.05, 0.1) is 33.9 Å². The van der Waals surface area contributed by atoms with Crippen molar-refractivity contribution in [3.05, 3.63) is 179 Å². The van der Waals surface area contributed by atoms with E-state index in [1.54, 1.807) is 0 Å². The number of nitrogens with zero attached hydrogens (tertiary/aromatic N) is 7. The fourth-order valence-corrected chi connectivity index (χ4v) is 7.57. The van der Waals surface area contributed by atoms with Crippen LogP contribution in [0.25, 0.3) is 21.5 Å². The highest BCUT2D eigenvalue weighted by molar-refractivity contribution is 6.24. The Kier molecular flexibility index (Phi) is 10.2. The number of rotatable bonds is 14. The van der Waals surface area contributed by atoms with Crippen LogP contribution in [0, 0.1) is 0 Å². The monoisotopic (exact) mass is 711 g/mol. The molecule has 2 amide bonds. The third-order valence-electron chi connectivity index (χ3n) is 9.99. The van der Waals surface area contributed by atoms with E-state index in [2.05, 4.69) is 54.0 Å². The molecule has 0 spiro atoms. The highest BCUT2D eigenvalue weighted by Crippen LogP contribution is 2.39. The van der Waals surface area contributed by atoms with Gasteiger partial charge in [-0.05, 0) is 99.8 Å². The lowest BCUT2D eigenvalue weighted by Gasteiger charge is -2.27. The molecule has 7 aromatic rings. The number of hydrogen-bond acceptors (Lipinski definition) is 8. The van der Waals surface area contributed by atoms with Gasteiger partial charge in [0.25, 0.3) is 11.8 Å². The molecule has 0 N–H and O–H groups in total. The van der Waals surface area contributed by atoms with Gasteiger partial charge < -0.3 is 0 Å². The molecule has 4 aromatic heterocycles. The Morgan fingerprint density at radius 2 is 0.815 bits per heavy atom. The van der Waals surface area contributed by atoms with E-state index in [4.69, 9.17) is 0 Å². The first-order valence-corrected chi connectivity index (χ1v) is 18.5. The van der Waals surface area contributed by atoms with Gasteiger partial charge in [-0.3, -0.25) is 44.2 Å². The highest BCUT2D eigenvalue weighted by atomic mass is 16.2. The summed E-state index contributed by atoms with van der Waals surface area (Å²) in [6.45, 7) is 5.90. The van der Waals surface area contributed by atoms with Gasteiger partial charge in [0.15, 0.2) is 0 Å². The quantitative estimate of drug-likeness (QED) is 0.0828. The van der Waals surface area contributed by atoms with Gasteiger partial charge in [-0.25, -0.2) is 0 Å². The van der Waals surface area contributed by atoms with Gasteiger partial charge in [0.1, 0.15) is 0 Å². The molecular formula is C45H41N7O2. The van der Waals surface area contributed by atoms with Crippen LogP contribution in [-0.4, -0.2) is 53.0 Å². The van der Waals surface area contributed by atoms with Crippen LogP contribution in [0.3, 0.4) is 0 Å². The smallest absolute Gasteiger partial charge is 0.261 e. The van der Waals surface area contributed by atoms with Gasteiger partial charge in [-0.2, -0.15) is 0 Å². The molecule has 268 valence electrons. The molecule has 0 unspecified atom stereocenters. The van der Waals surface area contributed by atoms with Crippen LogP contribution in [0.5, 0.6) is 0 Å². The van der Waals surface area contributed by atoms with Gasteiger partial charge in [0.2, 0.25) is 0 Å². The second kappa shape index (κ2) is 15.8. The zero-order chi connectivity index (χ0) is 36.9. The summed E-state index contributed by atoms with van der Waals surface area (Å²) in [4.78, 5) is 52.5. The van der Waals surface area contributed by atoms with Crippen molar-refractivity contribution in [1.29, 1.82) is 0 Å². The van der Waals surface area contributed by atoms with Crippen molar-refractivity contribution >= 4 is 33.4 Å². The molecule has 3 aromatic carbocycles. The summed E-state index contributed by atoms with van der Waals surface area (Å²) in [5, 5.41) is 4.13. The standard InChI is InChI=1S/C45H41N7O2/c1-2-23-52-44(53)40-24-38-39(25-41(40)45(52)54)43(31-51(28-34-15-7-11-21-48-34)29-35-16-8-12-22-49-35)37-18-4-3-17-36(37)42(38)30-50(26-32-13-5-9-19-46-32)27-33-14-6-10-20-47-33/h3-22,24-25H,2,23,26-31H2,1H3. The molecule has 54 heavy (non-hydrogen) atoms. The fraction of sp³-hybridized carbons (Fsp3) is 0.200. The Bertz CT molecular complexity index is 2160. The summed E-state index contributed by atoms with van der Waals surface area (Å²) in [5.41, 5.74) is 6.92. The summed E-state index contributed by atoms with van der Waals surface area (Å²) in [6, 6.07) is 36.4. The number of fused-ring (bicyclic) bond motifs is 3. The van der Waals surface area contributed by atoms with E-state index < -0.39 is 0 Å². The number of carbonyl (C=O) groups is 2. The van der Waals surface area contributed by atoms with Crippen molar-refractivity contribution in [2.24, 2.45) is 0 Å². The Balaban J connectivity index is 1.31. The molecule has 9 heteroatoms. The van der Waals surface area contributed by atoms with Gasteiger partial charge in [-0.15, -0.1) is 0 Å². The molecule has 9 nitrogen and oxygen atoms in total. The molecule has 0 saturated carbocycles. The lowest BCUT2D eigenvalue weighted by Crippen LogP contribution is -2.30. The molecule has 0 saturated heterocycles. The zero-order valence-corrected chi connectivity index (χ0v) is 30.3. The second-order valence-electron chi connectivity index (χ2n) is 13.8. The maximum absolute atomic E-state index is 13.8. The Morgan fingerprint density at radius 1 is 0.463 bits per heavy atom. The van der Waals surface area contributed by atoms with Crippen molar-refractivity contribution in [3.8, 4) is 0 Å². The van der Waals surface area contributed by atoms with Gasteiger partial charge in [0, 0.05) is 70.6 Å². The van der Waals surface area contributed by atoms with E-state index in [-0.39, 0.29) is 11.8 Å². The number of amides is 2. The average Bonchev–Trinajstić information content (AvgIpc) is 3.44. The van der Waals surface area contributed by atoms with Crippen LogP contribution >= 0.6 is 0 Å². The first-order chi connectivity index (χ1) is 26.6. The van der Waals surface area contributed by atoms with Gasteiger partial charge in [-0.1, -0.05) is 55.5 Å². The summed E-state index contributed by atoms with van der Waals surface area (Å²) < 4.78 is 0. The highest BCUT2D eigenvalue weighted by Gasteiger charge is 2.36. The largest absolute Gasteiger partial charge is 0.287 e. The van der Waals surface area contributed by atoms with E-state index in [9.17, 15) is 9.59 Å². The first kappa shape index (κ1) is 34.9. The molecule has 8 rings (SSSR count). The third-order valence-corrected chi connectivity index (χ3v) is 9.99. The van der Waals surface area contributed by atoms with Crippen LogP contribution in [0.4, 0.5) is 0 Å². The topological polar surface area (TPSA) is 95.4 Å². The minimum atomic E-state index is -0.231.